The standard InChI is InChI=1S/C15H16N6OS/c1-23-14-12(5-3-7-17-14)13(22)16-6-2-4-11-8-18-15-19-10-20-21(15)9-11/h3,5,7-10H,2,4,6H2,1H3,(H,16,22). The highest BCUT2D eigenvalue weighted by Crippen LogP contribution is 2.16. The summed E-state index contributed by atoms with van der Waals surface area (Å²) in [7, 11) is 0. The second-order valence-electron chi connectivity index (χ2n) is 4.89. The lowest BCUT2D eigenvalue weighted by Crippen LogP contribution is -2.25. The summed E-state index contributed by atoms with van der Waals surface area (Å²) >= 11 is 1.47. The first kappa shape index (κ1) is 15.4. The Balaban J connectivity index is 1.52. The molecule has 1 N–H and O–H groups in total. The van der Waals surface area contributed by atoms with Crippen LogP contribution in [0.15, 0.2) is 42.1 Å². The Morgan fingerprint density at radius 1 is 1.35 bits per heavy atom. The molecule has 23 heavy (non-hydrogen) atoms. The number of amides is 1. The molecule has 0 aliphatic heterocycles. The number of carbonyl (C=O) groups excluding carboxylic acids is 1. The fourth-order valence-electron chi connectivity index (χ4n) is 2.20. The molecular formula is C15H16N6OS. The summed E-state index contributed by atoms with van der Waals surface area (Å²) in [6.45, 7) is 0.594. The van der Waals surface area contributed by atoms with Gasteiger partial charge in [-0.25, -0.2) is 14.5 Å². The highest BCUT2D eigenvalue weighted by Gasteiger charge is 2.10. The van der Waals surface area contributed by atoms with Crippen molar-refractivity contribution in [1.82, 2.24) is 29.9 Å². The number of aromatic nitrogens is 5. The lowest BCUT2D eigenvalue weighted by molar-refractivity contribution is 0.0949. The highest BCUT2D eigenvalue weighted by atomic mass is 32.2. The largest absolute Gasteiger partial charge is 0.352 e. The molecule has 0 radical (unpaired) electrons. The molecule has 0 unspecified atom stereocenters. The van der Waals surface area contributed by atoms with Crippen molar-refractivity contribution in [2.45, 2.75) is 17.9 Å². The second kappa shape index (κ2) is 7.19. The number of fused-ring (bicyclic) bond motifs is 1. The topological polar surface area (TPSA) is 85.1 Å². The first-order valence-electron chi connectivity index (χ1n) is 7.19. The maximum Gasteiger partial charge on any atom is 0.254 e. The van der Waals surface area contributed by atoms with Crippen molar-refractivity contribution in [3.8, 4) is 0 Å². The van der Waals surface area contributed by atoms with Crippen molar-refractivity contribution >= 4 is 23.4 Å². The van der Waals surface area contributed by atoms with Gasteiger partial charge in [0.1, 0.15) is 11.4 Å². The van der Waals surface area contributed by atoms with Crippen LogP contribution >= 0.6 is 11.8 Å². The van der Waals surface area contributed by atoms with E-state index in [0.717, 1.165) is 23.4 Å². The number of pyridine rings is 1. The summed E-state index contributed by atoms with van der Waals surface area (Å²) in [6.07, 6.45) is 10.4. The van der Waals surface area contributed by atoms with E-state index < -0.39 is 0 Å². The van der Waals surface area contributed by atoms with Crippen LogP contribution in [-0.4, -0.2) is 43.3 Å². The number of rotatable bonds is 6. The fourth-order valence-corrected chi connectivity index (χ4v) is 2.75. The molecule has 0 atom stereocenters. The average molecular weight is 328 g/mol. The minimum absolute atomic E-state index is 0.0905. The predicted octanol–water partition coefficient (Wildman–Crippen LogP) is 1.60. The van der Waals surface area contributed by atoms with E-state index in [0.29, 0.717) is 17.9 Å². The van der Waals surface area contributed by atoms with Crippen molar-refractivity contribution in [3.63, 3.8) is 0 Å². The van der Waals surface area contributed by atoms with Gasteiger partial charge in [-0.2, -0.15) is 10.1 Å². The number of hydrogen-bond donors (Lipinski definition) is 1. The van der Waals surface area contributed by atoms with Crippen LogP contribution in [0, 0.1) is 0 Å². The van der Waals surface area contributed by atoms with E-state index in [9.17, 15) is 4.79 Å². The van der Waals surface area contributed by atoms with Crippen molar-refractivity contribution in [1.29, 1.82) is 0 Å². The Morgan fingerprint density at radius 3 is 3.13 bits per heavy atom. The van der Waals surface area contributed by atoms with Crippen LogP contribution in [0.4, 0.5) is 0 Å². The molecule has 118 valence electrons. The third-order valence-electron chi connectivity index (χ3n) is 3.33. The quantitative estimate of drug-likeness (QED) is 0.546. The molecule has 3 aromatic rings. The van der Waals surface area contributed by atoms with Gasteiger partial charge in [0, 0.05) is 25.1 Å². The van der Waals surface area contributed by atoms with Gasteiger partial charge in [0.2, 0.25) is 0 Å². The van der Waals surface area contributed by atoms with Gasteiger partial charge in [-0.3, -0.25) is 4.79 Å². The number of aryl methyl sites for hydroxylation is 1. The van der Waals surface area contributed by atoms with Crippen LogP contribution < -0.4 is 5.32 Å². The third-order valence-corrected chi connectivity index (χ3v) is 4.04. The minimum Gasteiger partial charge on any atom is -0.352 e. The van der Waals surface area contributed by atoms with E-state index in [2.05, 4.69) is 25.4 Å². The van der Waals surface area contributed by atoms with Gasteiger partial charge in [0.25, 0.3) is 11.7 Å². The Morgan fingerprint density at radius 2 is 2.26 bits per heavy atom. The van der Waals surface area contributed by atoms with E-state index in [1.54, 1.807) is 29.0 Å². The summed E-state index contributed by atoms with van der Waals surface area (Å²) < 4.78 is 1.65. The summed E-state index contributed by atoms with van der Waals surface area (Å²) in [5.41, 5.74) is 1.68. The first-order valence-corrected chi connectivity index (χ1v) is 8.42. The van der Waals surface area contributed by atoms with Crippen molar-refractivity contribution in [2.75, 3.05) is 12.8 Å². The molecule has 3 rings (SSSR count). The summed E-state index contributed by atoms with van der Waals surface area (Å²) in [4.78, 5) is 24.6. The molecule has 1 amide bonds. The average Bonchev–Trinajstić information content (AvgIpc) is 3.06. The molecular weight excluding hydrogens is 312 g/mol. The van der Waals surface area contributed by atoms with Gasteiger partial charge < -0.3 is 5.32 Å². The zero-order chi connectivity index (χ0) is 16.1. The zero-order valence-corrected chi connectivity index (χ0v) is 13.5. The SMILES string of the molecule is CSc1ncccc1C(=O)NCCCc1cnc2ncnn2c1. The molecule has 0 bridgehead atoms. The molecule has 3 aromatic heterocycles. The van der Waals surface area contributed by atoms with Gasteiger partial charge in [-0.15, -0.1) is 11.8 Å². The van der Waals surface area contributed by atoms with Gasteiger partial charge in [-0.05, 0) is 36.8 Å². The molecule has 3 heterocycles. The summed E-state index contributed by atoms with van der Waals surface area (Å²) in [6, 6.07) is 3.56. The first-order chi connectivity index (χ1) is 11.3. The number of hydrogen-bond acceptors (Lipinski definition) is 6. The van der Waals surface area contributed by atoms with Gasteiger partial charge in [0.05, 0.1) is 5.56 Å². The molecule has 0 saturated carbocycles. The van der Waals surface area contributed by atoms with Crippen LogP contribution in [0.25, 0.3) is 5.78 Å². The van der Waals surface area contributed by atoms with Crippen LogP contribution in [0.2, 0.25) is 0 Å². The molecule has 0 aromatic carbocycles. The minimum atomic E-state index is -0.0905. The molecule has 0 saturated heterocycles. The second-order valence-corrected chi connectivity index (χ2v) is 5.68. The zero-order valence-electron chi connectivity index (χ0n) is 12.6. The van der Waals surface area contributed by atoms with E-state index in [-0.39, 0.29) is 5.91 Å². The Kier molecular flexibility index (Phi) is 4.82. The Labute approximate surface area is 137 Å². The molecule has 0 aliphatic rings. The predicted molar refractivity (Wildman–Crippen MR) is 87.5 cm³/mol. The summed E-state index contributed by atoms with van der Waals surface area (Å²) in [5, 5.41) is 7.73. The molecule has 0 aliphatic carbocycles. The van der Waals surface area contributed by atoms with Gasteiger partial charge >= 0.3 is 0 Å². The van der Waals surface area contributed by atoms with Crippen molar-refractivity contribution < 1.29 is 4.79 Å². The monoisotopic (exact) mass is 328 g/mol. The number of thioether (sulfide) groups is 1. The van der Waals surface area contributed by atoms with E-state index in [1.165, 1.54) is 18.1 Å². The molecule has 7 nitrogen and oxygen atoms in total. The lowest BCUT2D eigenvalue weighted by atomic mass is 10.2. The highest BCUT2D eigenvalue weighted by molar-refractivity contribution is 7.98. The Bertz CT molecular complexity index is 818. The van der Waals surface area contributed by atoms with Crippen LogP contribution in [-0.2, 0) is 6.42 Å². The smallest absolute Gasteiger partial charge is 0.254 e. The lowest BCUT2D eigenvalue weighted by Gasteiger charge is -2.07. The fraction of sp³-hybridized carbons (Fsp3) is 0.267. The van der Waals surface area contributed by atoms with Crippen LogP contribution in [0.5, 0.6) is 0 Å². The van der Waals surface area contributed by atoms with Crippen LogP contribution in [0.3, 0.4) is 0 Å². The third kappa shape index (κ3) is 3.65. The van der Waals surface area contributed by atoms with Gasteiger partial charge in [-0.1, -0.05) is 0 Å². The van der Waals surface area contributed by atoms with Crippen LogP contribution in [0.1, 0.15) is 22.3 Å². The van der Waals surface area contributed by atoms with Gasteiger partial charge in [0.15, 0.2) is 0 Å². The Hall–Kier alpha value is -2.48. The molecule has 0 fully saturated rings. The summed E-state index contributed by atoms with van der Waals surface area (Å²) in [5.74, 6) is 0.496. The maximum atomic E-state index is 12.2. The van der Waals surface area contributed by atoms with Crippen molar-refractivity contribution in [2.24, 2.45) is 0 Å². The maximum absolute atomic E-state index is 12.2. The normalized spacial score (nSPS) is 10.8. The molecule has 0 spiro atoms. The number of carbonyl (C=O) groups is 1. The van der Waals surface area contributed by atoms with Crippen molar-refractivity contribution in [3.05, 3.63) is 48.2 Å². The number of nitrogens with one attached hydrogen (secondary N) is 1. The number of nitrogens with zero attached hydrogens (tertiary/aromatic N) is 5. The molecule has 8 heteroatoms. The van der Waals surface area contributed by atoms with E-state index in [1.807, 2.05) is 12.5 Å². The van der Waals surface area contributed by atoms with E-state index in [4.69, 9.17) is 0 Å². The van der Waals surface area contributed by atoms with E-state index >= 15 is 0 Å².